The molecule has 0 saturated heterocycles. The monoisotopic (exact) mass is 309 g/mol. The summed E-state index contributed by atoms with van der Waals surface area (Å²) in [5.41, 5.74) is 0. The summed E-state index contributed by atoms with van der Waals surface area (Å²) in [6.45, 7) is 11.9. The molecule has 5 heteroatoms. The van der Waals surface area contributed by atoms with Crippen LogP contribution >= 0.6 is 8.25 Å². The molecule has 0 radical (unpaired) electrons. The Kier molecular flexibility index (Phi) is 46.1. The van der Waals surface area contributed by atoms with Gasteiger partial charge in [0, 0.05) is 4.57 Å². The Hall–Kier alpha value is 0.514. The van der Waals surface area contributed by atoms with Crippen LogP contribution in [0.1, 0.15) is 65.2 Å². The van der Waals surface area contributed by atoms with Gasteiger partial charge in [0.15, 0.2) is 0 Å². The maximum atomic E-state index is 8.70. The van der Waals surface area contributed by atoms with E-state index in [4.69, 9.17) is 14.4 Å². The summed E-state index contributed by atoms with van der Waals surface area (Å²) in [6, 6.07) is 0. The maximum Gasteiger partial charge on any atom is 2.00 e. The summed E-state index contributed by atoms with van der Waals surface area (Å²) in [7, 11) is -2.87. The fourth-order valence-electron chi connectivity index (χ4n) is 0.854. The normalized spacial score (nSPS) is 7.88. The summed E-state index contributed by atoms with van der Waals surface area (Å²) < 4.78 is 8.70. The van der Waals surface area contributed by atoms with Gasteiger partial charge in [0.1, 0.15) is 0 Å². The zero-order valence-corrected chi connectivity index (χ0v) is 13.0. The van der Waals surface area contributed by atoms with Gasteiger partial charge < -0.3 is 13.8 Å². The van der Waals surface area contributed by atoms with Gasteiger partial charge in [-0.2, -0.15) is 12.8 Å². The Bertz CT molecular complexity index is 104. The molecule has 0 aromatic carbocycles. The molecule has 0 aliphatic rings. The number of unbranched alkanes of at least 4 members (excludes halogenated alkanes) is 6. The zero-order valence-electron chi connectivity index (χ0n) is 11.1. The summed E-state index contributed by atoms with van der Waals surface area (Å²) >= 11 is 0. The summed E-state index contributed by atoms with van der Waals surface area (Å²) in [4.78, 5) is 14.2. The van der Waals surface area contributed by atoms with Crippen molar-refractivity contribution in [3.05, 3.63) is 13.8 Å². The third-order valence-electron chi connectivity index (χ3n) is 1.71. The molecule has 2 N–H and O–H groups in total. The van der Waals surface area contributed by atoms with Gasteiger partial charge in [-0.3, -0.25) is 0 Å². The molecule has 0 aliphatic carbocycles. The molecule has 0 atom stereocenters. The van der Waals surface area contributed by atoms with E-state index in [1.807, 2.05) is 0 Å². The Balaban J connectivity index is -0.0000000741. The van der Waals surface area contributed by atoms with E-state index in [1.165, 1.54) is 38.5 Å². The van der Waals surface area contributed by atoms with Gasteiger partial charge in [0.2, 0.25) is 0 Å². The van der Waals surface area contributed by atoms with Crippen molar-refractivity contribution in [2.45, 2.75) is 65.2 Å². The van der Waals surface area contributed by atoms with Gasteiger partial charge >= 0.3 is 24.7 Å². The summed E-state index contributed by atoms with van der Waals surface area (Å²) in [5.74, 6) is 0. The molecule has 3 nitrogen and oxygen atoms in total. The molecule has 0 aromatic heterocycles. The van der Waals surface area contributed by atoms with Crippen LogP contribution in [0, 0.1) is 13.8 Å². The Morgan fingerprint density at radius 2 is 1.12 bits per heavy atom. The van der Waals surface area contributed by atoms with Gasteiger partial charge in [-0.25, -0.2) is 0 Å². The molecule has 0 unspecified atom stereocenters. The second-order valence-electron chi connectivity index (χ2n) is 3.37. The van der Waals surface area contributed by atoms with Crippen LogP contribution in [-0.2, 0) is 21.1 Å². The molecular formula is C12H28NiO3P+. The molecule has 0 spiro atoms. The van der Waals surface area contributed by atoms with Crippen molar-refractivity contribution in [3.8, 4) is 0 Å². The smallest absolute Gasteiger partial charge is 0.343 e. The van der Waals surface area contributed by atoms with E-state index in [9.17, 15) is 0 Å². The molecule has 0 rings (SSSR count). The van der Waals surface area contributed by atoms with Gasteiger partial charge in [0.05, 0.1) is 0 Å². The third-order valence-corrected chi connectivity index (χ3v) is 1.71. The van der Waals surface area contributed by atoms with Crippen LogP contribution in [0.4, 0.5) is 0 Å². The van der Waals surface area contributed by atoms with Gasteiger partial charge in [-0.15, -0.1) is 9.79 Å². The third kappa shape index (κ3) is 82.0. The van der Waals surface area contributed by atoms with Crippen molar-refractivity contribution in [2.75, 3.05) is 0 Å². The quantitative estimate of drug-likeness (QED) is 0.330. The standard InChI is InChI=1S/2C6H13.Ni.HO3P/c2*1-3-5-6-4-2;;1-4(2)3/h2*1,3-6H2,2H3;;(H-,1,2,3)/q2*-1;+2;/p+1. The van der Waals surface area contributed by atoms with E-state index < -0.39 is 8.25 Å². The first-order valence-electron chi connectivity index (χ1n) is 6.00. The SMILES string of the molecule is O=[P+](O)O.[CH2-]CCCCC.[CH2-]CCCCC.[Ni+2]. The average molecular weight is 310 g/mol. The van der Waals surface area contributed by atoms with Crippen molar-refractivity contribution in [2.24, 2.45) is 0 Å². The topological polar surface area (TPSA) is 57.5 Å². The van der Waals surface area contributed by atoms with E-state index >= 15 is 0 Å². The molecule has 0 bridgehead atoms. The first-order valence-corrected chi connectivity index (χ1v) is 7.16. The molecule has 108 valence electrons. The van der Waals surface area contributed by atoms with E-state index in [2.05, 4.69) is 27.7 Å². The average Bonchev–Trinajstić information content (AvgIpc) is 2.23. The van der Waals surface area contributed by atoms with E-state index in [1.54, 1.807) is 0 Å². The molecule has 17 heavy (non-hydrogen) atoms. The van der Waals surface area contributed by atoms with Gasteiger partial charge in [-0.05, 0) is 0 Å². The van der Waals surface area contributed by atoms with Crippen LogP contribution < -0.4 is 0 Å². The van der Waals surface area contributed by atoms with Crippen molar-refractivity contribution in [3.63, 3.8) is 0 Å². The number of hydrogen-bond donors (Lipinski definition) is 2. The number of hydrogen-bond acceptors (Lipinski definition) is 1. The van der Waals surface area contributed by atoms with Crippen molar-refractivity contribution < 1.29 is 30.8 Å². The van der Waals surface area contributed by atoms with Crippen LogP contribution in [0.25, 0.3) is 0 Å². The van der Waals surface area contributed by atoms with Gasteiger partial charge in [0.25, 0.3) is 0 Å². The molecular weight excluding hydrogens is 282 g/mol. The second-order valence-corrected chi connectivity index (χ2v) is 3.88. The minimum absolute atomic E-state index is 0. The van der Waals surface area contributed by atoms with E-state index in [-0.39, 0.29) is 16.5 Å². The first-order chi connectivity index (χ1) is 7.56. The fraction of sp³-hybridized carbons (Fsp3) is 0.833. The van der Waals surface area contributed by atoms with Crippen LogP contribution in [-0.4, -0.2) is 9.79 Å². The molecule has 0 aliphatic heterocycles. The Morgan fingerprint density at radius 3 is 1.18 bits per heavy atom. The zero-order chi connectivity index (χ0) is 13.2. The first kappa shape index (κ1) is 26.2. The van der Waals surface area contributed by atoms with Crippen LogP contribution in [0.2, 0.25) is 0 Å². The molecule has 0 aromatic rings. The molecule has 0 heterocycles. The summed E-state index contributed by atoms with van der Waals surface area (Å²) in [6.07, 6.45) is 10.1. The largest absolute Gasteiger partial charge is 2.00 e. The number of rotatable bonds is 6. The van der Waals surface area contributed by atoms with Crippen molar-refractivity contribution in [1.29, 1.82) is 0 Å². The van der Waals surface area contributed by atoms with Gasteiger partial charge in [-0.1, -0.05) is 52.4 Å². The van der Waals surface area contributed by atoms with Crippen molar-refractivity contribution in [1.82, 2.24) is 0 Å². The van der Waals surface area contributed by atoms with Crippen molar-refractivity contribution >= 4 is 8.25 Å². The minimum Gasteiger partial charge on any atom is -0.343 e. The second kappa shape index (κ2) is 30.0. The van der Waals surface area contributed by atoms with E-state index in [0.717, 1.165) is 12.8 Å². The predicted molar refractivity (Wildman–Crippen MR) is 71.0 cm³/mol. The predicted octanol–water partition coefficient (Wildman–Crippen LogP) is 4.43. The maximum absolute atomic E-state index is 8.70. The Labute approximate surface area is 118 Å². The van der Waals surface area contributed by atoms with Crippen LogP contribution in [0.5, 0.6) is 0 Å². The van der Waals surface area contributed by atoms with Crippen LogP contribution in [0.15, 0.2) is 0 Å². The summed E-state index contributed by atoms with van der Waals surface area (Å²) in [5, 5.41) is 0. The minimum atomic E-state index is -2.87. The fourth-order valence-corrected chi connectivity index (χ4v) is 0.854. The Morgan fingerprint density at radius 1 is 0.882 bits per heavy atom. The van der Waals surface area contributed by atoms with Crippen LogP contribution in [0.3, 0.4) is 0 Å². The molecule has 0 amide bonds. The molecule has 0 saturated carbocycles. The van der Waals surface area contributed by atoms with E-state index in [0.29, 0.717) is 0 Å². The molecule has 0 fully saturated rings.